The number of carbonyl (C=O) groups is 2. The van der Waals surface area contributed by atoms with E-state index in [2.05, 4.69) is 15.3 Å². The molecule has 0 fully saturated rings. The monoisotopic (exact) mass is 581 g/mol. The normalized spacial score (nSPS) is 13.0. The molecule has 1 amide bonds. The van der Waals surface area contributed by atoms with Gasteiger partial charge < -0.3 is 19.5 Å². The average molecular weight is 582 g/mol. The number of anilines is 1. The maximum atomic E-state index is 13.6. The van der Waals surface area contributed by atoms with E-state index in [9.17, 15) is 22.8 Å². The molecule has 8 nitrogen and oxygen atoms in total. The number of amides is 1. The lowest BCUT2D eigenvalue weighted by molar-refractivity contribution is -0.141. The number of methoxy groups -OCH3 is 2. The molecule has 13 heteroatoms. The fraction of sp³-hybridized carbons (Fsp3) is 0.385. The van der Waals surface area contributed by atoms with Crippen molar-refractivity contribution in [3.05, 3.63) is 46.0 Å². The molecule has 0 spiro atoms. The minimum atomic E-state index is -4.73. The highest BCUT2D eigenvalue weighted by molar-refractivity contribution is 7.99. The number of nitrogens with zero attached hydrogens (tertiary/aromatic N) is 2. The number of nitrogens with one attached hydrogen (secondary N) is 1. The van der Waals surface area contributed by atoms with E-state index in [1.807, 2.05) is 0 Å². The van der Waals surface area contributed by atoms with Crippen molar-refractivity contribution in [1.29, 1.82) is 0 Å². The van der Waals surface area contributed by atoms with Gasteiger partial charge in [-0.15, -0.1) is 11.3 Å². The molecule has 1 aromatic carbocycles. The Morgan fingerprint density at radius 3 is 2.51 bits per heavy atom. The first kappa shape index (κ1) is 28.7. The first-order valence-electron chi connectivity index (χ1n) is 12.1. The molecule has 1 aliphatic rings. The topological polar surface area (TPSA) is 99.6 Å². The van der Waals surface area contributed by atoms with Crippen LogP contribution in [0.4, 0.5) is 18.2 Å². The van der Waals surface area contributed by atoms with Gasteiger partial charge in [0.25, 0.3) is 0 Å². The average Bonchev–Trinajstić information content (AvgIpc) is 3.28. The summed E-state index contributed by atoms with van der Waals surface area (Å²) in [5, 5.41) is 2.92. The number of carbonyl (C=O) groups excluding carboxylic acids is 2. The molecule has 0 radical (unpaired) electrons. The molecule has 39 heavy (non-hydrogen) atoms. The smallest absolute Gasteiger partial charge is 0.433 e. The van der Waals surface area contributed by atoms with Crippen LogP contribution in [0.5, 0.6) is 11.5 Å². The lowest BCUT2D eigenvalue weighted by Gasteiger charge is -2.13. The summed E-state index contributed by atoms with van der Waals surface area (Å²) >= 11 is 2.10. The number of aromatic nitrogens is 2. The van der Waals surface area contributed by atoms with E-state index in [1.54, 1.807) is 19.1 Å². The summed E-state index contributed by atoms with van der Waals surface area (Å²) in [5.41, 5.74) is 0.488. The van der Waals surface area contributed by atoms with Crippen molar-refractivity contribution in [3.8, 4) is 22.8 Å². The Morgan fingerprint density at radius 1 is 1.08 bits per heavy atom. The van der Waals surface area contributed by atoms with E-state index in [4.69, 9.17) is 14.2 Å². The second-order valence-electron chi connectivity index (χ2n) is 8.46. The Balaban J connectivity index is 1.57. The molecule has 1 aliphatic carbocycles. The SMILES string of the molecule is CCOC(=O)c1c(NC(=O)CSc2nc(-c3ccc(OC)c(OC)c3)cc(C(F)(F)F)n2)sc2c1CCCC2. The van der Waals surface area contributed by atoms with Gasteiger partial charge in [-0.05, 0) is 62.4 Å². The van der Waals surface area contributed by atoms with Crippen molar-refractivity contribution in [2.75, 3.05) is 31.9 Å². The first-order valence-corrected chi connectivity index (χ1v) is 13.9. The van der Waals surface area contributed by atoms with Crippen molar-refractivity contribution in [2.45, 2.75) is 43.9 Å². The van der Waals surface area contributed by atoms with Crippen molar-refractivity contribution < 1.29 is 37.0 Å². The van der Waals surface area contributed by atoms with Gasteiger partial charge in [-0.1, -0.05) is 11.8 Å². The van der Waals surface area contributed by atoms with E-state index in [1.165, 1.54) is 31.6 Å². The number of rotatable bonds is 9. The van der Waals surface area contributed by atoms with Gasteiger partial charge in [0.15, 0.2) is 16.7 Å². The lowest BCUT2D eigenvalue weighted by atomic mass is 9.95. The van der Waals surface area contributed by atoms with Gasteiger partial charge in [-0.2, -0.15) is 13.2 Å². The minimum absolute atomic E-state index is 0.0108. The largest absolute Gasteiger partial charge is 0.493 e. The third-order valence-electron chi connectivity index (χ3n) is 5.91. The number of alkyl halides is 3. The van der Waals surface area contributed by atoms with Crippen LogP contribution >= 0.6 is 23.1 Å². The predicted octanol–water partition coefficient (Wildman–Crippen LogP) is 6.03. The quantitative estimate of drug-likeness (QED) is 0.186. The third kappa shape index (κ3) is 6.64. The molecule has 1 N–H and O–H groups in total. The molecule has 0 aliphatic heterocycles. The maximum Gasteiger partial charge on any atom is 0.433 e. The van der Waals surface area contributed by atoms with Gasteiger partial charge in [0.1, 0.15) is 10.7 Å². The molecule has 2 heterocycles. The number of esters is 1. The van der Waals surface area contributed by atoms with Gasteiger partial charge in [0.05, 0.1) is 37.8 Å². The Morgan fingerprint density at radius 2 is 1.82 bits per heavy atom. The molecular formula is C26H26F3N3O5S2. The number of thioether (sulfide) groups is 1. The van der Waals surface area contributed by atoms with Gasteiger partial charge in [-0.3, -0.25) is 4.79 Å². The summed E-state index contributed by atoms with van der Waals surface area (Å²) in [6.45, 7) is 1.90. The molecule has 208 valence electrons. The highest BCUT2D eigenvalue weighted by Crippen LogP contribution is 2.39. The van der Waals surface area contributed by atoms with Crippen molar-refractivity contribution >= 4 is 40.0 Å². The zero-order chi connectivity index (χ0) is 28.2. The maximum absolute atomic E-state index is 13.6. The zero-order valence-corrected chi connectivity index (χ0v) is 23.1. The molecular weight excluding hydrogens is 555 g/mol. The fourth-order valence-electron chi connectivity index (χ4n) is 4.14. The van der Waals surface area contributed by atoms with E-state index in [0.717, 1.165) is 54.0 Å². The highest BCUT2D eigenvalue weighted by Gasteiger charge is 2.34. The molecule has 0 saturated heterocycles. The molecule has 2 aromatic heterocycles. The summed E-state index contributed by atoms with van der Waals surface area (Å²) in [6, 6.07) is 5.47. The van der Waals surface area contributed by atoms with Crippen LogP contribution in [-0.2, 0) is 28.5 Å². The summed E-state index contributed by atoms with van der Waals surface area (Å²) in [6.07, 6.45) is -1.25. The minimum Gasteiger partial charge on any atom is -0.493 e. The van der Waals surface area contributed by atoms with Crippen LogP contribution < -0.4 is 14.8 Å². The van der Waals surface area contributed by atoms with Gasteiger partial charge in [-0.25, -0.2) is 14.8 Å². The summed E-state index contributed by atoms with van der Waals surface area (Å²) in [7, 11) is 2.87. The lowest BCUT2D eigenvalue weighted by Crippen LogP contribution is -2.17. The van der Waals surface area contributed by atoms with Gasteiger partial charge >= 0.3 is 12.1 Å². The second-order valence-corrected chi connectivity index (χ2v) is 10.5. The van der Waals surface area contributed by atoms with Crippen LogP contribution in [0.2, 0.25) is 0 Å². The number of thiophene rings is 1. The first-order chi connectivity index (χ1) is 18.6. The van der Waals surface area contributed by atoms with Gasteiger partial charge in [0, 0.05) is 10.4 Å². The molecule has 3 aromatic rings. The number of aryl methyl sites for hydroxylation is 1. The van der Waals surface area contributed by atoms with Crippen molar-refractivity contribution in [3.63, 3.8) is 0 Å². The molecule has 0 unspecified atom stereocenters. The number of hydrogen-bond donors (Lipinski definition) is 1. The summed E-state index contributed by atoms with van der Waals surface area (Å²) in [4.78, 5) is 34.4. The van der Waals surface area contributed by atoms with E-state index in [-0.39, 0.29) is 23.2 Å². The van der Waals surface area contributed by atoms with Crippen LogP contribution in [-0.4, -0.2) is 48.4 Å². The molecule has 0 atom stereocenters. The Labute approximate surface area is 231 Å². The van der Waals surface area contributed by atoms with Crippen LogP contribution in [0.25, 0.3) is 11.3 Å². The van der Waals surface area contributed by atoms with E-state index in [0.29, 0.717) is 27.6 Å². The summed E-state index contributed by atoms with van der Waals surface area (Å²) < 4.78 is 56.6. The number of benzene rings is 1. The van der Waals surface area contributed by atoms with Crippen LogP contribution in [0, 0.1) is 0 Å². The van der Waals surface area contributed by atoms with Gasteiger partial charge in [0.2, 0.25) is 5.91 Å². The van der Waals surface area contributed by atoms with Crippen LogP contribution in [0.1, 0.15) is 46.3 Å². The highest BCUT2D eigenvalue weighted by atomic mass is 32.2. The Kier molecular flexibility index (Phi) is 9.01. The zero-order valence-electron chi connectivity index (χ0n) is 21.4. The van der Waals surface area contributed by atoms with E-state index >= 15 is 0 Å². The number of halogens is 3. The Bertz CT molecular complexity index is 1380. The standard InChI is InChI=1S/C26H26F3N3O5S2/c1-4-37-24(34)22-15-7-5-6-8-19(15)39-23(22)32-21(33)13-38-25-30-16(12-20(31-25)26(27,28)29)14-9-10-17(35-2)18(11-14)36-3/h9-12H,4-8,13H2,1-3H3,(H,32,33). The summed E-state index contributed by atoms with van der Waals surface area (Å²) in [5.74, 6) is -0.530. The predicted molar refractivity (Wildman–Crippen MR) is 142 cm³/mol. The number of hydrogen-bond acceptors (Lipinski definition) is 9. The molecule has 0 saturated carbocycles. The van der Waals surface area contributed by atoms with Crippen molar-refractivity contribution in [2.24, 2.45) is 0 Å². The fourth-order valence-corrected chi connectivity index (χ4v) is 6.10. The second kappa shape index (κ2) is 12.2. The molecule has 4 rings (SSSR count). The van der Waals surface area contributed by atoms with Crippen LogP contribution in [0.15, 0.2) is 29.4 Å². The van der Waals surface area contributed by atoms with Crippen molar-refractivity contribution in [1.82, 2.24) is 9.97 Å². The number of fused-ring (bicyclic) bond motifs is 1. The van der Waals surface area contributed by atoms with Crippen LogP contribution in [0.3, 0.4) is 0 Å². The molecule has 0 bridgehead atoms. The Hall–Kier alpha value is -3.32. The number of ether oxygens (including phenoxy) is 3. The van der Waals surface area contributed by atoms with E-state index < -0.39 is 23.7 Å². The third-order valence-corrected chi connectivity index (χ3v) is 7.97.